The first-order chi connectivity index (χ1) is 15.6. The average molecular weight is 501 g/mol. The van der Waals surface area contributed by atoms with Gasteiger partial charge in [-0.1, -0.05) is 35.5 Å². The van der Waals surface area contributed by atoms with Gasteiger partial charge in [0.15, 0.2) is 28.6 Å². The molecule has 0 aliphatic carbocycles. The largest absolute Gasteiger partial charge is 0.493 e. The zero-order valence-corrected chi connectivity index (χ0v) is 19.4. The topological polar surface area (TPSA) is 78.3 Å². The van der Waals surface area contributed by atoms with Gasteiger partial charge in [0, 0.05) is 7.05 Å². The number of ether oxygens (including phenoxy) is 2. The summed E-state index contributed by atoms with van der Waals surface area (Å²) in [6.45, 7) is 1.80. The number of hydrogen-bond donors (Lipinski definition) is 1. The lowest BCUT2D eigenvalue weighted by molar-refractivity contribution is -0.137. The zero-order valence-electron chi connectivity index (χ0n) is 17.8. The Hall–Kier alpha value is -2.92. The lowest BCUT2D eigenvalue weighted by Gasteiger charge is -2.16. The molecule has 1 aromatic heterocycles. The summed E-state index contributed by atoms with van der Waals surface area (Å²) in [7, 11) is 3.27. The van der Waals surface area contributed by atoms with Crippen LogP contribution in [0.25, 0.3) is 0 Å². The number of methoxy groups -OCH3 is 1. The monoisotopic (exact) mass is 500 g/mol. The van der Waals surface area contributed by atoms with E-state index in [0.717, 1.165) is 30.0 Å². The van der Waals surface area contributed by atoms with Crippen LogP contribution in [0.1, 0.15) is 24.4 Å². The molecular weight excluding hydrogens is 481 g/mol. The summed E-state index contributed by atoms with van der Waals surface area (Å²) in [5.41, 5.74) is -1.02. The minimum absolute atomic E-state index is 0.00427. The van der Waals surface area contributed by atoms with E-state index in [0.29, 0.717) is 22.5 Å². The number of hydrogen-bond acceptors (Lipinski definition) is 6. The van der Waals surface area contributed by atoms with Crippen LogP contribution < -0.4 is 14.8 Å². The van der Waals surface area contributed by atoms with Gasteiger partial charge in [0.25, 0.3) is 0 Å². The van der Waals surface area contributed by atoms with E-state index in [1.807, 2.05) is 12.1 Å². The summed E-state index contributed by atoms with van der Waals surface area (Å²) < 4.78 is 51.6. The number of thioether (sulfide) groups is 1. The van der Waals surface area contributed by atoms with Crippen LogP contribution in [0.5, 0.6) is 11.5 Å². The van der Waals surface area contributed by atoms with Gasteiger partial charge >= 0.3 is 6.18 Å². The minimum atomic E-state index is -4.55. The molecule has 1 unspecified atom stereocenters. The van der Waals surface area contributed by atoms with E-state index < -0.39 is 23.8 Å². The molecule has 1 N–H and O–H groups in total. The molecule has 176 valence electrons. The highest BCUT2D eigenvalue weighted by Gasteiger charge is 2.31. The van der Waals surface area contributed by atoms with Crippen molar-refractivity contribution in [2.45, 2.75) is 24.4 Å². The zero-order chi connectivity index (χ0) is 24.2. The first-order valence-electron chi connectivity index (χ1n) is 9.58. The fourth-order valence-electron chi connectivity index (χ4n) is 2.88. The van der Waals surface area contributed by atoms with Gasteiger partial charge in [-0.25, -0.2) is 0 Å². The maximum absolute atomic E-state index is 12.9. The molecule has 0 radical (unpaired) electrons. The van der Waals surface area contributed by atoms with Crippen molar-refractivity contribution in [3.8, 4) is 11.5 Å². The number of para-hydroxylation sites is 2. The van der Waals surface area contributed by atoms with E-state index >= 15 is 0 Å². The number of amides is 1. The summed E-state index contributed by atoms with van der Waals surface area (Å²) in [4.78, 5) is 12.3. The number of carbonyl (C=O) groups is 1. The van der Waals surface area contributed by atoms with E-state index in [1.165, 1.54) is 0 Å². The molecule has 0 aliphatic rings. The molecule has 0 spiro atoms. The summed E-state index contributed by atoms with van der Waals surface area (Å²) in [5, 5.41) is 11.0. The summed E-state index contributed by atoms with van der Waals surface area (Å²) in [5.74, 6) is 0.988. The summed E-state index contributed by atoms with van der Waals surface area (Å²) in [6, 6.07) is 9.91. The smallest absolute Gasteiger partial charge is 0.416 e. The van der Waals surface area contributed by atoms with Crippen LogP contribution in [0.2, 0.25) is 5.02 Å². The standard InChI is InChI=1S/C21H20ClF3N4O3S/c1-12(32-17-7-5-4-6-16(17)31-3)19-27-28-20(29(19)2)33-11-18(30)26-15-10-13(21(23,24)25)8-9-14(15)22/h4-10,12H,11H2,1-3H3,(H,26,30). The fraction of sp³-hybridized carbons (Fsp3) is 0.286. The molecule has 7 nitrogen and oxygen atoms in total. The molecule has 0 fully saturated rings. The first kappa shape index (κ1) is 24.7. The molecule has 0 bridgehead atoms. The quantitative estimate of drug-likeness (QED) is 0.419. The molecule has 1 heterocycles. The van der Waals surface area contributed by atoms with Crippen molar-refractivity contribution in [3.63, 3.8) is 0 Å². The van der Waals surface area contributed by atoms with E-state index in [4.69, 9.17) is 21.1 Å². The normalized spacial score (nSPS) is 12.3. The highest BCUT2D eigenvalue weighted by atomic mass is 35.5. The molecule has 0 aliphatic heterocycles. The number of halogens is 4. The highest BCUT2D eigenvalue weighted by Crippen LogP contribution is 2.34. The van der Waals surface area contributed by atoms with Gasteiger partial charge in [-0.3, -0.25) is 4.79 Å². The molecule has 0 saturated heterocycles. The second-order valence-electron chi connectivity index (χ2n) is 6.84. The molecule has 1 amide bonds. The Labute approximate surface area is 197 Å². The van der Waals surface area contributed by atoms with Crippen molar-refractivity contribution in [3.05, 3.63) is 58.9 Å². The Morgan fingerprint density at radius 3 is 2.58 bits per heavy atom. The van der Waals surface area contributed by atoms with Crippen molar-refractivity contribution < 1.29 is 27.4 Å². The van der Waals surface area contributed by atoms with Crippen molar-refractivity contribution >= 4 is 35.0 Å². The summed E-state index contributed by atoms with van der Waals surface area (Å²) in [6.07, 6.45) is -5.01. The number of carbonyl (C=O) groups excluding carboxylic acids is 1. The van der Waals surface area contributed by atoms with E-state index in [-0.39, 0.29) is 16.5 Å². The second-order valence-corrected chi connectivity index (χ2v) is 8.19. The highest BCUT2D eigenvalue weighted by molar-refractivity contribution is 7.99. The molecule has 0 saturated carbocycles. The lowest BCUT2D eigenvalue weighted by Crippen LogP contribution is -2.16. The van der Waals surface area contributed by atoms with Gasteiger partial charge in [-0.2, -0.15) is 13.2 Å². The molecule has 12 heteroatoms. The minimum Gasteiger partial charge on any atom is -0.493 e. The Morgan fingerprint density at radius 1 is 1.21 bits per heavy atom. The van der Waals surface area contributed by atoms with Crippen molar-refractivity contribution in [2.24, 2.45) is 7.05 Å². The van der Waals surface area contributed by atoms with Crippen molar-refractivity contribution in [1.82, 2.24) is 14.8 Å². The lowest BCUT2D eigenvalue weighted by atomic mass is 10.2. The van der Waals surface area contributed by atoms with Gasteiger partial charge in [0.1, 0.15) is 0 Å². The second kappa shape index (κ2) is 10.3. The number of nitrogens with one attached hydrogen (secondary N) is 1. The Balaban J connectivity index is 1.63. The molecule has 3 rings (SSSR count). The predicted molar refractivity (Wildman–Crippen MR) is 119 cm³/mol. The van der Waals surface area contributed by atoms with E-state index in [1.54, 1.807) is 37.8 Å². The number of rotatable bonds is 8. The Kier molecular flexibility index (Phi) is 7.75. The number of nitrogens with zero attached hydrogens (tertiary/aromatic N) is 3. The molecule has 1 atom stereocenters. The van der Waals surface area contributed by atoms with Gasteiger partial charge < -0.3 is 19.4 Å². The molecular formula is C21H20ClF3N4O3S. The SMILES string of the molecule is COc1ccccc1OC(C)c1nnc(SCC(=O)Nc2cc(C(F)(F)F)ccc2Cl)n1C. The van der Waals surface area contributed by atoms with Gasteiger partial charge in [0.2, 0.25) is 5.91 Å². The van der Waals surface area contributed by atoms with Crippen LogP contribution in [-0.4, -0.2) is 33.5 Å². The molecule has 3 aromatic rings. The number of aromatic nitrogens is 3. The van der Waals surface area contributed by atoms with Crippen molar-refractivity contribution in [1.29, 1.82) is 0 Å². The van der Waals surface area contributed by atoms with Gasteiger partial charge in [0.05, 0.1) is 29.1 Å². The molecule has 2 aromatic carbocycles. The number of alkyl halides is 3. The van der Waals surface area contributed by atoms with Crippen LogP contribution in [0.15, 0.2) is 47.6 Å². The maximum atomic E-state index is 12.9. The van der Waals surface area contributed by atoms with Crippen LogP contribution in [0.4, 0.5) is 18.9 Å². The van der Waals surface area contributed by atoms with Crippen LogP contribution in [-0.2, 0) is 18.0 Å². The van der Waals surface area contributed by atoms with E-state index in [9.17, 15) is 18.0 Å². The fourth-order valence-corrected chi connectivity index (χ4v) is 3.76. The first-order valence-corrected chi connectivity index (χ1v) is 10.9. The van der Waals surface area contributed by atoms with Gasteiger partial charge in [-0.15, -0.1) is 10.2 Å². The summed E-state index contributed by atoms with van der Waals surface area (Å²) >= 11 is 6.99. The van der Waals surface area contributed by atoms with Crippen molar-refractivity contribution in [2.75, 3.05) is 18.2 Å². The van der Waals surface area contributed by atoms with E-state index in [2.05, 4.69) is 15.5 Å². The van der Waals surface area contributed by atoms with Crippen LogP contribution >= 0.6 is 23.4 Å². The number of anilines is 1. The maximum Gasteiger partial charge on any atom is 0.416 e. The predicted octanol–water partition coefficient (Wildman–Crippen LogP) is 5.37. The van der Waals surface area contributed by atoms with Gasteiger partial charge in [-0.05, 0) is 37.3 Å². The number of benzene rings is 2. The average Bonchev–Trinajstić information content (AvgIpc) is 3.13. The third-order valence-corrected chi connectivity index (χ3v) is 5.85. The Morgan fingerprint density at radius 2 is 1.91 bits per heavy atom. The van der Waals surface area contributed by atoms with Crippen LogP contribution in [0, 0.1) is 0 Å². The third-order valence-electron chi connectivity index (χ3n) is 4.51. The van der Waals surface area contributed by atoms with Crippen LogP contribution in [0.3, 0.4) is 0 Å². The molecule has 33 heavy (non-hydrogen) atoms. The third kappa shape index (κ3) is 6.11. The Bertz CT molecular complexity index is 1140.